The zero-order chi connectivity index (χ0) is 14.9. The van der Waals surface area contributed by atoms with Gasteiger partial charge in [0.25, 0.3) is 5.56 Å². The van der Waals surface area contributed by atoms with Crippen LogP contribution in [0.25, 0.3) is 0 Å². The number of aryl methyl sites for hydroxylation is 2. The van der Waals surface area contributed by atoms with Crippen molar-refractivity contribution in [2.45, 2.75) is 20.0 Å². The Bertz CT molecular complexity index is 712. The van der Waals surface area contributed by atoms with E-state index in [0.717, 1.165) is 11.1 Å². The number of H-pyrrole nitrogens is 2. The molecule has 0 saturated carbocycles. The molecule has 1 aromatic heterocycles. The van der Waals surface area contributed by atoms with E-state index >= 15 is 0 Å². The van der Waals surface area contributed by atoms with Gasteiger partial charge in [-0.25, -0.2) is 0 Å². The molecule has 2 aromatic rings. The molecule has 0 fully saturated rings. The summed E-state index contributed by atoms with van der Waals surface area (Å²) in [5.41, 5.74) is -0.824. The van der Waals surface area contributed by atoms with E-state index in [4.69, 9.17) is 0 Å². The summed E-state index contributed by atoms with van der Waals surface area (Å²) in [5, 5.41) is 10.7. The van der Waals surface area contributed by atoms with E-state index in [-0.39, 0.29) is 0 Å². The second-order valence-electron chi connectivity index (χ2n) is 4.29. The van der Waals surface area contributed by atoms with Crippen molar-refractivity contribution in [3.05, 3.63) is 45.4 Å². The second kappa shape index (κ2) is 4.95. The lowest BCUT2D eigenvalue weighted by molar-refractivity contribution is -0.140. The number of hydrogen-bond acceptors (Lipinski definition) is 3. The molecule has 0 radical (unpaired) electrons. The molecule has 0 spiro atoms. The average Bonchev–Trinajstić information content (AvgIpc) is 2.69. The Balaban J connectivity index is 2.42. The first-order valence-electron chi connectivity index (χ1n) is 5.66. The smallest absolute Gasteiger partial charge is 0.292 e. The Morgan fingerprint density at radius 3 is 2.40 bits per heavy atom. The minimum absolute atomic E-state index is 0.407. The summed E-state index contributed by atoms with van der Waals surface area (Å²) in [6.07, 6.45) is -4.70. The summed E-state index contributed by atoms with van der Waals surface area (Å²) in [4.78, 5) is 11.3. The quantitative estimate of drug-likeness (QED) is 0.810. The van der Waals surface area contributed by atoms with Crippen LogP contribution < -0.4 is 5.56 Å². The van der Waals surface area contributed by atoms with Gasteiger partial charge < -0.3 is 0 Å². The molecule has 20 heavy (non-hydrogen) atoms. The molecule has 1 aromatic carbocycles. The van der Waals surface area contributed by atoms with Gasteiger partial charge in [0.15, 0.2) is 11.4 Å². The number of halogens is 3. The largest absolute Gasteiger partial charge is 0.435 e. The van der Waals surface area contributed by atoms with E-state index in [9.17, 15) is 18.0 Å². The van der Waals surface area contributed by atoms with Crippen molar-refractivity contribution in [1.29, 1.82) is 0 Å². The predicted octanol–water partition coefficient (Wildman–Crippen LogP) is 3.75. The minimum Gasteiger partial charge on any atom is -0.292 e. The summed E-state index contributed by atoms with van der Waals surface area (Å²) in [7, 11) is 0. The second-order valence-corrected chi connectivity index (χ2v) is 4.29. The molecule has 0 amide bonds. The molecular weight excluding hydrogens is 273 g/mol. The summed E-state index contributed by atoms with van der Waals surface area (Å²) in [6.45, 7) is 3.64. The van der Waals surface area contributed by atoms with Gasteiger partial charge in [0.1, 0.15) is 0 Å². The van der Waals surface area contributed by atoms with Crippen molar-refractivity contribution in [3.8, 4) is 0 Å². The molecule has 1 heterocycles. The number of nitrogens with zero attached hydrogens (tertiary/aromatic N) is 2. The molecule has 0 bridgehead atoms. The predicted molar refractivity (Wildman–Crippen MR) is 66.5 cm³/mol. The molecule has 8 heteroatoms. The Kier molecular flexibility index (Phi) is 3.47. The van der Waals surface area contributed by atoms with Crippen LogP contribution in [0.5, 0.6) is 0 Å². The molecule has 0 saturated heterocycles. The van der Waals surface area contributed by atoms with Gasteiger partial charge in [-0.3, -0.25) is 15.0 Å². The first kappa shape index (κ1) is 14.0. The van der Waals surface area contributed by atoms with Crippen LogP contribution in [0.4, 0.5) is 24.5 Å². The highest BCUT2D eigenvalue weighted by atomic mass is 19.4. The lowest BCUT2D eigenvalue weighted by atomic mass is 10.1. The maximum absolute atomic E-state index is 12.6. The molecule has 0 atom stereocenters. The van der Waals surface area contributed by atoms with Crippen LogP contribution in [0.1, 0.15) is 16.8 Å². The summed E-state index contributed by atoms with van der Waals surface area (Å²) in [6, 6.07) is 5.20. The van der Waals surface area contributed by atoms with E-state index in [1.165, 1.54) is 0 Å². The van der Waals surface area contributed by atoms with Crippen molar-refractivity contribution in [3.63, 3.8) is 0 Å². The van der Waals surface area contributed by atoms with Crippen LogP contribution in [0, 0.1) is 13.8 Å². The van der Waals surface area contributed by atoms with Crippen LogP contribution >= 0.6 is 0 Å². The maximum atomic E-state index is 12.6. The van der Waals surface area contributed by atoms with E-state index in [2.05, 4.69) is 10.2 Å². The number of alkyl halides is 3. The highest BCUT2D eigenvalue weighted by Gasteiger charge is 2.37. The van der Waals surface area contributed by atoms with Crippen LogP contribution in [-0.2, 0) is 6.18 Å². The summed E-state index contributed by atoms with van der Waals surface area (Å²) < 4.78 is 37.9. The Hall–Kier alpha value is -2.38. The van der Waals surface area contributed by atoms with E-state index in [0.29, 0.717) is 5.69 Å². The third-order valence-electron chi connectivity index (χ3n) is 2.65. The first-order valence-corrected chi connectivity index (χ1v) is 5.66. The van der Waals surface area contributed by atoms with Gasteiger partial charge in [0.05, 0.1) is 5.69 Å². The fourth-order valence-corrected chi connectivity index (χ4v) is 1.67. The first-order chi connectivity index (χ1) is 9.29. The van der Waals surface area contributed by atoms with Crippen LogP contribution in [0.3, 0.4) is 0 Å². The average molecular weight is 284 g/mol. The van der Waals surface area contributed by atoms with Gasteiger partial charge >= 0.3 is 6.18 Å². The van der Waals surface area contributed by atoms with Crippen molar-refractivity contribution in [2.75, 3.05) is 0 Å². The zero-order valence-corrected chi connectivity index (χ0v) is 10.7. The van der Waals surface area contributed by atoms with Crippen molar-refractivity contribution in [1.82, 2.24) is 10.2 Å². The molecule has 0 aliphatic heterocycles. The Morgan fingerprint density at radius 1 is 1.10 bits per heavy atom. The molecule has 0 aliphatic carbocycles. The highest BCUT2D eigenvalue weighted by Crippen LogP contribution is 2.33. The molecule has 5 nitrogen and oxygen atoms in total. The van der Waals surface area contributed by atoms with Crippen LogP contribution in [0.15, 0.2) is 33.2 Å². The zero-order valence-electron chi connectivity index (χ0n) is 10.7. The Labute approximate surface area is 111 Å². The lowest BCUT2D eigenvalue weighted by Crippen LogP contribution is -2.06. The van der Waals surface area contributed by atoms with Crippen molar-refractivity contribution < 1.29 is 13.2 Å². The monoisotopic (exact) mass is 284 g/mol. The molecule has 0 unspecified atom stereocenters. The van der Waals surface area contributed by atoms with Gasteiger partial charge in [0.2, 0.25) is 0 Å². The number of aromatic nitrogens is 2. The topological polar surface area (TPSA) is 73.4 Å². The molecule has 2 rings (SSSR count). The van der Waals surface area contributed by atoms with E-state index in [1.807, 2.05) is 18.1 Å². The highest BCUT2D eigenvalue weighted by molar-refractivity contribution is 5.48. The van der Waals surface area contributed by atoms with Gasteiger partial charge in [-0.05, 0) is 25.5 Å². The summed E-state index contributed by atoms with van der Waals surface area (Å²) >= 11 is 0. The van der Waals surface area contributed by atoms with Crippen molar-refractivity contribution in [2.24, 2.45) is 10.2 Å². The van der Waals surface area contributed by atoms with Gasteiger partial charge in [-0.15, -0.1) is 5.11 Å². The van der Waals surface area contributed by atoms with Gasteiger partial charge in [-0.1, -0.05) is 17.7 Å². The van der Waals surface area contributed by atoms with E-state index in [1.54, 1.807) is 24.2 Å². The summed E-state index contributed by atoms with van der Waals surface area (Å²) in [5.74, 6) is 0. The molecule has 0 aliphatic rings. The fourth-order valence-electron chi connectivity index (χ4n) is 1.67. The number of aromatic amines is 2. The Morgan fingerprint density at radius 2 is 1.80 bits per heavy atom. The SMILES string of the molecule is Cc1ccc(N=Nc2c(C(F)(F)F)[nH][nH]c2=O)c(C)c1. The number of azo groups is 1. The molecular formula is C12H11F3N4O. The number of rotatable bonds is 2. The van der Waals surface area contributed by atoms with Gasteiger partial charge in [-0.2, -0.15) is 18.3 Å². The van der Waals surface area contributed by atoms with E-state index < -0.39 is 23.1 Å². The van der Waals surface area contributed by atoms with Crippen LogP contribution in [0.2, 0.25) is 0 Å². The number of hydrogen-bond donors (Lipinski definition) is 2. The normalized spacial score (nSPS) is 12.2. The third kappa shape index (κ3) is 2.79. The number of nitrogens with one attached hydrogen (secondary N) is 2. The third-order valence-corrected chi connectivity index (χ3v) is 2.65. The molecule has 2 N–H and O–H groups in total. The number of benzene rings is 1. The minimum atomic E-state index is -4.70. The molecule has 106 valence electrons. The lowest BCUT2D eigenvalue weighted by Gasteiger charge is -2.03. The van der Waals surface area contributed by atoms with Crippen LogP contribution in [-0.4, -0.2) is 10.2 Å². The van der Waals surface area contributed by atoms with Crippen molar-refractivity contribution >= 4 is 11.4 Å². The maximum Gasteiger partial charge on any atom is 0.435 e. The van der Waals surface area contributed by atoms with Gasteiger partial charge in [0, 0.05) is 0 Å². The fraction of sp³-hybridized carbons (Fsp3) is 0.250. The standard InChI is InChI=1S/C12H11F3N4O/c1-6-3-4-8(7(2)5-6)16-17-9-10(12(13,14)15)18-19-11(9)20/h3-5H,1-2H3,(H2,18,19,20).